The van der Waals surface area contributed by atoms with Crippen molar-refractivity contribution < 1.29 is 12.6 Å². The lowest BCUT2D eigenvalue weighted by Gasteiger charge is -2.47. The molecule has 1 saturated heterocycles. The summed E-state index contributed by atoms with van der Waals surface area (Å²) in [7, 11) is -3.53. The summed E-state index contributed by atoms with van der Waals surface area (Å²) in [6.07, 6.45) is 2.93. The maximum absolute atomic E-state index is 11.5. The largest absolute Gasteiger partial charge is 0.336 e. The number of fused-ring (bicyclic) bond motifs is 1. The van der Waals surface area contributed by atoms with Crippen molar-refractivity contribution in [3.05, 3.63) is 0 Å². The monoisotopic (exact) mass is 233 g/mol. The molecule has 1 heterocycles. The zero-order valence-electron chi connectivity index (χ0n) is 9.49. The Bertz CT molecular complexity index is 350. The van der Waals surface area contributed by atoms with Gasteiger partial charge in [-0.05, 0) is 32.6 Å². The average molecular weight is 233 g/mol. The van der Waals surface area contributed by atoms with Gasteiger partial charge >= 0.3 is 10.3 Å². The highest BCUT2D eigenvalue weighted by Crippen LogP contribution is 2.40. The molecule has 15 heavy (non-hydrogen) atoms. The molecule has 0 radical (unpaired) electrons. The minimum Gasteiger partial charge on any atom is -0.254 e. The molecule has 0 aromatic carbocycles. The molecule has 88 valence electrons. The van der Waals surface area contributed by atoms with Crippen LogP contribution in [0.25, 0.3) is 0 Å². The molecule has 0 bridgehead atoms. The van der Waals surface area contributed by atoms with Crippen LogP contribution in [-0.4, -0.2) is 20.1 Å². The highest BCUT2D eigenvalue weighted by atomic mass is 32.2. The summed E-state index contributed by atoms with van der Waals surface area (Å²) in [6, 6.07) is 0. The molecule has 2 fully saturated rings. The van der Waals surface area contributed by atoms with Crippen LogP contribution in [0.5, 0.6) is 0 Å². The molecule has 2 rings (SSSR count). The Morgan fingerprint density at radius 1 is 1.33 bits per heavy atom. The molecule has 1 N–H and O–H groups in total. The van der Waals surface area contributed by atoms with E-state index >= 15 is 0 Å². The second-order valence-corrected chi connectivity index (χ2v) is 6.74. The van der Waals surface area contributed by atoms with Crippen molar-refractivity contribution in [1.29, 1.82) is 0 Å². The summed E-state index contributed by atoms with van der Waals surface area (Å²) in [6.45, 7) is 6.04. The zero-order chi connectivity index (χ0) is 11.3. The van der Waals surface area contributed by atoms with Crippen molar-refractivity contribution >= 4 is 10.3 Å². The van der Waals surface area contributed by atoms with Gasteiger partial charge in [0.05, 0.1) is 6.10 Å². The van der Waals surface area contributed by atoms with Gasteiger partial charge in [-0.15, -0.1) is 0 Å². The van der Waals surface area contributed by atoms with E-state index < -0.39 is 10.3 Å². The predicted octanol–water partition coefficient (Wildman–Crippen LogP) is 1.43. The topological polar surface area (TPSA) is 55.4 Å². The first kappa shape index (κ1) is 11.4. The molecule has 4 nitrogen and oxygen atoms in total. The van der Waals surface area contributed by atoms with Crippen molar-refractivity contribution in [3.8, 4) is 0 Å². The fraction of sp³-hybridized carbons (Fsp3) is 1.00. The quantitative estimate of drug-likeness (QED) is 0.688. The van der Waals surface area contributed by atoms with Gasteiger partial charge < -0.3 is 0 Å². The van der Waals surface area contributed by atoms with Gasteiger partial charge in [0.2, 0.25) is 0 Å². The van der Waals surface area contributed by atoms with Gasteiger partial charge in [-0.1, -0.05) is 13.3 Å². The van der Waals surface area contributed by atoms with E-state index in [4.69, 9.17) is 4.18 Å². The third-order valence-electron chi connectivity index (χ3n) is 3.62. The Morgan fingerprint density at radius 3 is 2.67 bits per heavy atom. The van der Waals surface area contributed by atoms with Crippen LogP contribution in [0.2, 0.25) is 0 Å². The Morgan fingerprint density at radius 2 is 2.00 bits per heavy atom. The SMILES string of the molecule is CC1CCC2C(C1)OS(=O)(=O)NC2(C)C. The minimum absolute atomic E-state index is 0.130. The molecule has 0 aromatic rings. The van der Waals surface area contributed by atoms with Gasteiger partial charge in [-0.2, -0.15) is 13.1 Å². The molecule has 0 spiro atoms. The summed E-state index contributed by atoms with van der Waals surface area (Å²) in [5.41, 5.74) is -0.373. The lowest BCUT2D eigenvalue weighted by molar-refractivity contribution is 0.0102. The van der Waals surface area contributed by atoms with Gasteiger partial charge in [-0.3, -0.25) is 4.18 Å². The second-order valence-electron chi connectivity index (χ2n) is 5.44. The van der Waals surface area contributed by atoms with Gasteiger partial charge in [0.25, 0.3) is 0 Å². The molecule has 1 saturated carbocycles. The number of hydrogen-bond donors (Lipinski definition) is 1. The summed E-state index contributed by atoms with van der Waals surface area (Å²) >= 11 is 0. The van der Waals surface area contributed by atoms with Crippen LogP contribution in [0.4, 0.5) is 0 Å². The van der Waals surface area contributed by atoms with Crippen LogP contribution in [0, 0.1) is 11.8 Å². The lowest BCUT2D eigenvalue weighted by Crippen LogP contribution is -2.60. The molecule has 1 aliphatic carbocycles. The number of rotatable bonds is 0. The maximum atomic E-state index is 11.5. The fourth-order valence-electron chi connectivity index (χ4n) is 2.85. The average Bonchev–Trinajstić information content (AvgIpc) is 1.97. The van der Waals surface area contributed by atoms with E-state index in [-0.39, 0.29) is 11.6 Å². The van der Waals surface area contributed by atoms with Gasteiger partial charge in [0.15, 0.2) is 0 Å². The van der Waals surface area contributed by atoms with Crippen molar-refractivity contribution in [2.24, 2.45) is 11.8 Å². The molecule has 0 aromatic heterocycles. The first-order valence-corrected chi connectivity index (χ1v) is 6.93. The minimum atomic E-state index is -3.53. The van der Waals surface area contributed by atoms with Crippen molar-refractivity contribution in [1.82, 2.24) is 4.72 Å². The van der Waals surface area contributed by atoms with E-state index in [1.165, 1.54) is 0 Å². The Hall–Kier alpha value is -0.130. The van der Waals surface area contributed by atoms with Crippen molar-refractivity contribution in [2.75, 3.05) is 0 Å². The van der Waals surface area contributed by atoms with E-state index in [1.54, 1.807) is 0 Å². The number of nitrogens with one attached hydrogen (secondary N) is 1. The Kier molecular flexibility index (Phi) is 2.60. The van der Waals surface area contributed by atoms with Crippen LogP contribution in [0.3, 0.4) is 0 Å². The molecule has 0 amide bonds. The van der Waals surface area contributed by atoms with Crippen LogP contribution in [-0.2, 0) is 14.5 Å². The first-order chi connectivity index (χ1) is 6.80. The lowest BCUT2D eigenvalue weighted by atomic mass is 9.72. The van der Waals surface area contributed by atoms with Crippen LogP contribution in [0.15, 0.2) is 0 Å². The molecular formula is C10H19NO3S. The molecule has 2 aliphatic rings. The van der Waals surface area contributed by atoms with Gasteiger partial charge in [-0.25, -0.2) is 0 Å². The van der Waals surface area contributed by atoms with E-state index in [0.717, 1.165) is 19.3 Å². The predicted molar refractivity (Wildman–Crippen MR) is 57.5 cm³/mol. The first-order valence-electron chi connectivity index (χ1n) is 5.52. The van der Waals surface area contributed by atoms with E-state index in [2.05, 4.69) is 11.6 Å². The maximum Gasteiger partial charge on any atom is 0.336 e. The summed E-state index contributed by atoms with van der Waals surface area (Å²) in [4.78, 5) is 0. The van der Waals surface area contributed by atoms with Crippen LogP contribution in [0.1, 0.15) is 40.0 Å². The summed E-state index contributed by atoms with van der Waals surface area (Å²) in [5, 5.41) is 0. The second kappa shape index (κ2) is 3.43. The molecule has 5 heteroatoms. The van der Waals surface area contributed by atoms with Gasteiger partial charge in [0.1, 0.15) is 0 Å². The highest BCUT2D eigenvalue weighted by molar-refractivity contribution is 7.84. The van der Waals surface area contributed by atoms with E-state index in [1.807, 2.05) is 13.8 Å². The molecule has 3 unspecified atom stereocenters. The molecule has 1 aliphatic heterocycles. The fourth-order valence-corrected chi connectivity index (χ4v) is 4.23. The van der Waals surface area contributed by atoms with E-state index in [9.17, 15) is 8.42 Å². The molecular weight excluding hydrogens is 214 g/mol. The van der Waals surface area contributed by atoms with Gasteiger partial charge in [0, 0.05) is 11.5 Å². The normalized spacial score (nSPS) is 43.3. The van der Waals surface area contributed by atoms with E-state index in [0.29, 0.717) is 11.8 Å². The third-order valence-corrected chi connectivity index (χ3v) is 4.90. The standard InChI is InChI=1S/C10H19NO3S/c1-7-4-5-8-9(6-7)14-15(12,13)11-10(8,2)3/h7-9,11H,4-6H2,1-3H3. The van der Waals surface area contributed by atoms with Crippen molar-refractivity contribution in [2.45, 2.75) is 51.7 Å². The Balaban J connectivity index is 2.25. The smallest absolute Gasteiger partial charge is 0.254 e. The zero-order valence-corrected chi connectivity index (χ0v) is 10.3. The number of hydrogen-bond acceptors (Lipinski definition) is 3. The molecule has 3 atom stereocenters. The van der Waals surface area contributed by atoms with Crippen molar-refractivity contribution in [3.63, 3.8) is 0 Å². The highest BCUT2D eigenvalue weighted by Gasteiger charge is 2.47. The van der Waals surface area contributed by atoms with Crippen LogP contribution < -0.4 is 4.72 Å². The summed E-state index contributed by atoms with van der Waals surface area (Å²) in [5.74, 6) is 0.868. The van der Waals surface area contributed by atoms with Crippen LogP contribution >= 0.6 is 0 Å². The summed E-state index contributed by atoms with van der Waals surface area (Å²) < 4.78 is 30.7. The third kappa shape index (κ3) is 2.19. The Labute approximate surface area is 91.6 Å².